The van der Waals surface area contributed by atoms with Gasteiger partial charge in [0.1, 0.15) is 11.5 Å². The number of rotatable bonds is 5. The SMILES string of the molecule is CC(CCc1ccco1)N(C)C(=O)c1ccnn1C. The van der Waals surface area contributed by atoms with Gasteiger partial charge in [-0.3, -0.25) is 9.48 Å². The zero-order valence-electron chi connectivity index (χ0n) is 11.5. The molecule has 0 bridgehead atoms. The number of hydrogen-bond donors (Lipinski definition) is 0. The topological polar surface area (TPSA) is 51.3 Å². The number of amides is 1. The van der Waals surface area contributed by atoms with Crippen molar-refractivity contribution in [1.29, 1.82) is 0 Å². The van der Waals surface area contributed by atoms with Gasteiger partial charge >= 0.3 is 0 Å². The van der Waals surface area contributed by atoms with Crippen molar-refractivity contribution in [3.63, 3.8) is 0 Å². The van der Waals surface area contributed by atoms with Crippen molar-refractivity contribution in [3.8, 4) is 0 Å². The minimum atomic E-state index is -0.00746. The highest BCUT2D eigenvalue weighted by Crippen LogP contribution is 2.12. The molecule has 0 radical (unpaired) electrons. The molecule has 2 heterocycles. The van der Waals surface area contributed by atoms with Crippen molar-refractivity contribution in [2.75, 3.05) is 7.05 Å². The zero-order valence-corrected chi connectivity index (χ0v) is 11.5. The van der Waals surface area contributed by atoms with Gasteiger partial charge in [-0.2, -0.15) is 5.10 Å². The summed E-state index contributed by atoms with van der Waals surface area (Å²) in [5.74, 6) is 0.945. The van der Waals surface area contributed by atoms with Gasteiger partial charge in [0.05, 0.1) is 6.26 Å². The van der Waals surface area contributed by atoms with Crippen LogP contribution in [0, 0.1) is 0 Å². The molecule has 5 nitrogen and oxygen atoms in total. The molecule has 19 heavy (non-hydrogen) atoms. The van der Waals surface area contributed by atoms with Gasteiger partial charge in [0.25, 0.3) is 5.91 Å². The van der Waals surface area contributed by atoms with Crippen molar-refractivity contribution < 1.29 is 9.21 Å². The molecule has 0 N–H and O–H groups in total. The average Bonchev–Trinajstić information content (AvgIpc) is 3.05. The minimum Gasteiger partial charge on any atom is -0.469 e. The van der Waals surface area contributed by atoms with Crippen LogP contribution in [-0.4, -0.2) is 33.7 Å². The smallest absolute Gasteiger partial charge is 0.272 e. The van der Waals surface area contributed by atoms with Crippen molar-refractivity contribution in [3.05, 3.63) is 42.1 Å². The van der Waals surface area contributed by atoms with E-state index in [9.17, 15) is 4.79 Å². The third-order valence-electron chi connectivity index (χ3n) is 3.41. The summed E-state index contributed by atoms with van der Waals surface area (Å²) < 4.78 is 6.89. The Kier molecular flexibility index (Phi) is 4.04. The van der Waals surface area contributed by atoms with E-state index in [1.807, 2.05) is 26.1 Å². The standard InChI is InChI=1S/C14H19N3O2/c1-11(6-7-12-5-4-10-19-12)16(2)14(18)13-8-9-15-17(13)3/h4-5,8-11H,6-7H2,1-3H3. The monoisotopic (exact) mass is 261 g/mol. The van der Waals surface area contributed by atoms with Gasteiger partial charge in [-0.25, -0.2) is 0 Å². The van der Waals surface area contributed by atoms with Crippen LogP contribution in [0.15, 0.2) is 35.1 Å². The van der Waals surface area contributed by atoms with Gasteiger partial charge in [0.15, 0.2) is 0 Å². The molecule has 1 atom stereocenters. The van der Waals surface area contributed by atoms with E-state index in [-0.39, 0.29) is 11.9 Å². The van der Waals surface area contributed by atoms with E-state index in [0.717, 1.165) is 18.6 Å². The van der Waals surface area contributed by atoms with Crippen LogP contribution in [-0.2, 0) is 13.5 Å². The summed E-state index contributed by atoms with van der Waals surface area (Å²) in [7, 11) is 3.59. The molecule has 0 aliphatic carbocycles. The van der Waals surface area contributed by atoms with Crippen LogP contribution < -0.4 is 0 Å². The van der Waals surface area contributed by atoms with Crippen molar-refractivity contribution >= 4 is 5.91 Å². The van der Waals surface area contributed by atoms with E-state index in [1.54, 1.807) is 35.2 Å². The van der Waals surface area contributed by atoms with Crippen LogP contribution in [0.5, 0.6) is 0 Å². The Morgan fingerprint density at radius 3 is 2.89 bits per heavy atom. The van der Waals surface area contributed by atoms with E-state index in [2.05, 4.69) is 5.10 Å². The molecule has 0 fully saturated rings. The summed E-state index contributed by atoms with van der Waals surface area (Å²) in [4.78, 5) is 14.0. The van der Waals surface area contributed by atoms with Gasteiger partial charge in [0, 0.05) is 32.8 Å². The molecule has 1 amide bonds. The van der Waals surface area contributed by atoms with Gasteiger partial charge in [-0.1, -0.05) is 0 Å². The van der Waals surface area contributed by atoms with E-state index in [4.69, 9.17) is 4.42 Å². The Hall–Kier alpha value is -2.04. The maximum absolute atomic E-state index is 12.3. The van der Waals surface area contributed by atoms with Crippen molar-refractivity contribution in [1.82, 2.24) is 14.7 Å². The normalized spacial score (nSPS) is 12.4. The molecule has 0 spiro atoms. The maximum Gasteiger partial charge on any atom is 0.272 e. The molecule has 102 valence electrons. The van der Waals surface area contributed by atoms with Gasteiger partial charge < -0.3 is 9.32 Å². The van der Waals surface area contributed by atoms with Crippen LogP contribution in [0.2, 0.25) is 0 Å². The number of hydrogen-bond acceptors (Lipinski definition) is 3. The second-order valence-corrected chi connectivity index (χ2v) is 4.72. The first-order valence-electron chi connectivity index (χ1n) is 6.37. The lowest BCUT2D eigenvalue weighted by atomic mass is 10.1. The van der Waals surface area contributed by atoms with Crippen LogP contribution >= 0.6 is 0 Å². The molecule has 1 unspecified atom stereocenters. The van der Waals surface area contributed by atoms with Crippen LogP contribution in [0.4, 0.5) is 0 Å². The lowest BCUT2D eigenvalue weighted by Gasteiger charge is -2.24. The molecule has 2 rings (SSSR count). The fraction of sp³-hybridized carbons (Fsp3) is 0.429. The highest BCUT2D eigenvalue weighted by Gasteiger charge is 2.19. The Morgan fingerprint density at radius 1 is 1.53 bits per heavy atom. The predicted molar refractivity (Wildman–Crippen MR) is 71.8 cm³/mol. The fourth-order valence-electron chi connectivity index (χ4n) is 1.96. The third kappa shape index (κ3) is 3.05. The molecule has 0 saturated carbocycles. The van der Waals surface area contributed by atoms with E-state index < -0.39 is 0 Å². The highest BCUT2D eigenvalue weighted by molar-refractivity contribution is 5.92. The number of furan rings is 1. The first-order chi connectivity index (χ1) is 9.09. The number of aromatic nitrogens is 2. The second kappa shape index (κ2) is 5.73. The van der Waals surface area contributed by atoms with Crippen LogP contribution in [0.3, 0.4) is 0 Å². The Labute approximate surface area is 112 Å². The molecule has 0 aliphatic heterocycles. The Morgan fingerprint density at radius 2 is 2.32 bits per heavy atom. The van der Waals surface area contributed by atoms with Crippen molar-refractivity contribution in [2.45, 2.75) is 25.8 Å². The summed E-state index contributed by atoms with van der Waals surface area (Å²) in [6.45, 7) is 2.04. The Balaban J connectivity index is 1.93. The molecule has 2 aromatic rings. The van der Waals surface area contributed by atoms with Crippen LogP contribution in [0.1, 0.15) is 29.6 Å². The lowest BCUT2D eigenvalue weighted by molar-refractivity contribution is 0.0725. The fourth-order valence-corrected chi connectivity index (χ4v) is 1.96. The maximum atomic E-state index is 12.3. The lowest BCUT2D eigenvalue weighted by Crippen LogP contribution is -2.36. The number of carbonyl (C=O) groups excluding carboxylic acids is 1. The van der Waals surface area contributed by atoms with E-state index in [0.29, 0.717) is 5.69 Å². The number of carbonyl (C=O) groups is 1. The first-order valence-corrected chi connectivity index (χ1v) is 6.37. The second-order valence-electron chi connectivity index (χ2n) is 4.72. The van der Waals surface area contributed by atoms with E-state index in [1.165, 1.54) is 0 Å². The quantitative estimate of drug-likeness (QED) is 0.828. The molecule has 2 aromatic heterocycles. The molecule has 5 heteroatoms. The largest absolute Gasteiger partial charge is 0.469 e. The van der Waals surface area contributed by atoms with Crippen molar-refractivity contribution in [2.24, 2.45) is 7.05 Å². The number of aryl methyl sites for hydroxylation is 2. The summed E-state index contributed by atoms with van der Waals surface area (Å²) in [6, 6.07) is 5.71. The predicted octanol–water partition coefficient (Wildman–Crippen LogP) is 2.11. The Bertz CT molecular complexity index is 531. The van der Waals surface area contributed by atoms with Gasteiger partial charge in [-0.05, 0) is 31.5 Å². The minimum absolute atomic E-state index is 0.00746. The van der Waals surface area contributed by atoms with Crippen LogP contribution in [0.25, 0.3) is 0 Å². The summed E-state index contributed by atoms with van der Waals surface area (Å²) in [6.07, 6.45) is 5.00. The highest BCUT2D eigenvalue weighted by atomic mass is 16.3. The first kappa shape index (κ1) is 13.4. The number of nitrogens with zero attached hydrogens (tertiary/aromatic N) is 3. The summed E-state index contributed by atoms with van der Waals surface area (Å²) >= 11 is 0. The molecular formula is C14H19N3O2. The van der Waals surface area contributed by atoms with E-state index >= 15 is 0 Å². The molecule has 0 saturated heterocycles. The third-order valence-corrected chi connectivity index (χ3v) is 3.41. The molecular weight excluding hydrogens is 242 g/mol. The van der Waals surface area contributed by atoms with Gasteiger partial charge in [0.2, 0.25) is 0 Å². The summed E-state index contributed by atoms with van der Waals surface area (Å²) in [5, 5.41) is 4.02. The van der Waals surface area contributed by atoms with Gasteiger partial charge in [-0.15, -0.1) is 0 Å². The average molecular weight is 261 g/mol. The molecule has 0 aliphatic rings. The molecule has 0 aromatic carbocycles. The zero-order chi connectivity index (χ0) is 13.8. The summed E-state index contributed by atoms with van der Waals surface area (Å²) in [5.41, 5.74) is 0.604.